The molecule has 96 valence electrons. The normalized spacial score (nSPS) is 10.6. The second kappa shape index (κ2) is 6.44. The first-order valence-corrected chi connectivity index (χ1v) is 6.57. The van der Waals surface area contributed by atoms with Crippen LogP contribution in [0.2, 0.25) is 0 Å². The number of hydrogen-bond donors (Lipinski definition) is 2. The van der Waals surface area contributed by atoms with Crippen molar-refractivity contribution < 1.29 is 4.74 Å². The molecule has 0 radical (unpaired) electrons. The lowest BCUT2D eigenvalue weighted by Crippen LogP contribution is -2.11. The van der Waals surface area contributed by atoms with E-state index in [2.05, 4.69) is 26.8 Å². The molecule has 0 spiro atoms. The van der Waals surface area contributed by atoms with Crippen LogP contribution in [0, 0.1) is 6.92 Å². The van der Waals surface area contributed by atoms with Crippen molar-refractivity contribution >= 4 is 17.2 Å². The van der Waals surface area contributed by atoms with Crippen LogP contribution < -0.4 is 11.3 Å². The van der Waals surface area contributed by atoms with Gasteiger partial charge in [0, 0.05) is 23.1 Å². The summed E-state index contributed by atoms with van der Waals surface area (Å²) in [6.45, 7) is 2.97. The zero-order valence-electron chi connectivity index (χ0n) is 10.2. The van der Waals surface area contributed by atoms with Crippen molar-refractivity contribution in [2.75, 3.05) is 12.0 Å². The van der Waals surface area contributed by atoms with Gasteiger partial charge in [-0.2, -0.15) is 0 Å². The second-order valence-electron chi connectivity index (χ2n) is 3.84. The number of ether oxygens (including phenoxy) is 1. The smallest absolute Gasteiger partial charge is 0.156 e. The topological polar surface area (TPSA) is 73.1 Å². The molecule has 6 heteroatoms. The molecule has 3 N–H and O–H groups in total. The van der Waals surface area contributed by atoms with Gasteiger partial charge in [0.1, 0.15) is 12.4 Å². The van der Waals surface area contributed by atoms with Crippen LogP contribution in [-0.4, -0.2) is 16.6 Å². The predicted molar refractivity (Wildman–Crippen MR) is 72.3 cm³/mol. The summed E-state index contributed by atoms with van der Waals surface area (Å²) in [5.74, 6) is 6.58. The Labute approximate surface area is 110 Å². The fourth-order valence-corrected chi connectivity index (χ4v) is 2.25. The number of thiophene rings is 1. The maximum atomic E-state index is 5.56. The van der Waals surface area contributed by atoms with Crippen molar-refractivity contribution in [3.05, 3.63) is 40.0 Å². The third-order valence-corrected chi connectivity index (χ3v) is 3.29. The molecule has 0 aliphatic rings. The minimum Gasteiger partial charge on any atom is -0.373 e. The third-order valence-electron chi connectivity index (χ3n) is 2.35. The lowest BCUT2D eigenvalue weighted by molar-refractivity contribution is 0.118. The molecule has 0 atom stereocenters. The molecule has 0 aliphatic carbocycles. The van der Waals surface area contributed by atoms with E-state index in [0.29, 0.717) is 24.9 Å². The molecule has 2 aromatic heterocycles. The lowest BCUT2D eigenvalue weighted by Gasteiger charge is -2.06. The van der Waals surface area contributed by atoms with Gasteiger partial charge < -0.3 is 10.2 Å². The molecule has 18 heavy (non-hydrogen) atoms. The highest BCUT2D eigenvalue weighted by Gasteiger charge is 2.02. The number of aromatic nitrogens is 2. The van der Waals surface area contributed by atoms with E-state index < -0.39 is 0 Å². The monoisotopic (exact) mass is 264 g/mol. The molecule has 2 aromatic rings. The summed E-state index contributed by atoms with van der Waals surface area (Å²) < 4.78 is 5.56. The summed E-state index contributed by atoms with van der Waals surface area (Å²) in [6, 6.07) is 5.94. The van der Waals surface area contributed by atoms with E-state index in [1.54, 1.807) is 17.4 Å². The predicted octanol–water partition coefficient (Wildman–Crippen LogP) is 1.89. The van der Waals surface area contributed by atoms with Gasteiger partial charge in [-0.25, -0.2) is 15.8 Å². The molecular formula is C12H16N4OS. The van der Waals surface area contributed by atoms with Crippen molar-refractivity contribution in [1.29, 1.82) is 0 Å². The molecule has 0 amide bonds. The molecule has 0 bridgehead atoms. The highest BCUT2D eigenvalue weighted by Crippen LogP contribution is 2.10. The average molecular weight is 264 g/mol. The summed E-state index contributed by atoms with van der Waals surface area (Å²) in [4.78, 5) is 9.83. The zero-order chi connectivity index (χ0) is 12.8. The Bertz CT molecular complexity index is 487. The number of nitrogen functional groups attached to an aromatic ring is 1. The molecule has 0 saturated heterocycles. The van der Waals surface area contributed by atoms with Crippen LogP contribution in [-0.2, 0) is 17.8 Å². The Balaban J connectivity index is 1.81. The molecule has 0 fully saturated rings. The van der Waals surface area contributed by atoms with Crippen molar-refractivity contribution in [3.63, 3.8) is 0 Å². The van der Waals surface area contributed by atoms with Gasteiger partial charge in [0.05, 0.1) is 6.61 Å². The maximum absolute atomic E-state index is 5.56. The van der Waals surface area contributed by atoms with Crippen molar-refractivity contribution in [1.82, 2.24) is 9.97 Å². The van der Waals surface area contributed by atoms with Crippen LogP contribution in [0.3, 0.4) is 0 Å². The largest absolute Gasteiger partial charge is 0.373 e. The highest BCUT2D eigenvalue weighted by atomic mass is 32.1. The first kappa shape index (κ1) is 12.9. The Morgan fingerprint density at radius 2 is 2.33 bits per heavy atom. The summed E-state index contributed by atoms with van der Waals surface area (Å²) in [7, 11) is 0. The average Bonchev–Trinajstić information content (AvgIpc) is 2.87. The van der Waals surface area contributed by atoms with Crippen LogP contribution >= 0.6 is 11.3 Å². The number of nitrogens with two attached hydrogens (primary N) is 1. The SMILES string of the molecule is Cc1cc(NN)nc(COCCc2cccs2)n1. The molecule has 0 aliphatic heterocycles. The van der Waals surface area contributed by atoms with E-state index >= 15 is 0 Å². The molecule has 0 unspecified atom stereocenters. The number of anilines is 1. The summed E-state index contributed by atoms with van der Waals surface area (Å²) in [5.41, 5.74) is 3.39. The zero-order valence-corrected chi connectivity index (χ0v) is 11.0. The first-order chi connectivity index (χ1) is 8.78. The van der Waals surface area contributed by atoms with Gasteiger partial charge in [0.2, 0.25) is 0 Å². The van der Waals surface area contributed by atoms with Gasteiger partial charge in [0.25, 0.3) is 0 Å². The molecule has 2 rings (SSSR count). The van der Waals surface area contributed by atoms with Crippen molar-refractivity contribution in [2.24, 2.45) is 5.84 Å². The van der Waals surface area contributed by atoms with Gasteiger partial charge in [-0.05, 0) is 18.4 Å². The number of nitrogens with one attached hydrogen (secondary N) is 1. The number of aryl methyl sites for hydroxylation is 1. The fourth-order valence-electron chi connectivity index (χ4n) is 1.56. The van der Waals surface area contributed by atoms with E-state index in [4.69, 9.17) is 10.6 Å². The van der Waals surface area contributed by atoms with E-state index in [1.807, 2.05) is 13.0 Å². The van der Waals surface area contributed by atoms with E-state index in [-0.39, 0.29) is 0 Å². The minimum atomic E-state index is 0.404. The maximum Gasteiger partial charge on any atom is 0.156 e. The van der Waals surface area contributed by atoms with Gasteiger partial charge >= 0.3 is 0 Å². The minimum absolute atomic E-state index is 0.404. The van der Waals surface area contributed by atoms with Crippen LogP contribution in [0.15, 0.2) is 23.6 Å². The van der Waals surface area contributed by atoms with Gasteiger partial charge in [-0.1, -0.05) is 6.07 Å². The van der Waals surface area contributed by atoms with E-state index in [1.165, 1.54) is 4.88 Å². The van der Waals surface area contributed by atoms with Crippen LogP contribution in [0.1, 0.15) is 16.4 Å². The van der Waals surface area contributed by atoms with Crippen LogP contribution in [0.4, 0.5) is 5.82 Å². The van der Waals surface area contributed by atoms with E-state index in [0.717, 1.165) is 12.1 Å². The third kappa shape index (κ3) is 3.76. The molecular weight excluding hydrogens is 248 g/mol. The Morgan fingerprint density at radius 3 is 3.06 bits per heavy atom. The van der Waals surface area contributed by atoms with Gasteiger partial charge in [-0.15, -0.1) is 11.3 Å². The van der Waals surface area contributed by atoms with Gasteiger partial charge in [-0.3, -0.25) is 0 Å². The Morgan fingerprint density at radius 1 is 1.44 bits per heavy atom. The fraction of sp³-hybridized carbons (Fsp3) is 0.333. The lowest BCUT2D eigenvalue weighted by atomic mass is 10.4. The Hall–Kier alpha value is -1.50. The number of rotatable bonds is 6. The summed E-state index contributed by atoms with van der Waals surface area (Å²) in [5, 5.41) is 2.07. The highest BCUT2D eigenvalue weighted by molar-refractivity contribution is 7.09. The number of hydrazine groups is 1. The molecule has 2 heterocycles. The second-order valence-corrected chi connectivity index (χ2v) is 4.87. The van der Waals surface area contributed by atoms with Crippen molar-refractivity contribution in [3.8, 4) is 0 Å². The van der Waals surface area contributed by atoms with Gasteiger partial charge in [0.15, 0.2) is 5.82 Å². The molecule has 0 saturated carbocycles. The molecule has 5 nitrogen and oxygen atoms in total. The number of nitrogens with zero attached hydrogens (tertiary/aromatic N) is 2. The Kier molecular flexibility index (Phi) is 4.63. The van der Waals surface area contributed by atoms with Crippen LogP contribution in [0.5, 0.6) is 0 Å². The summed E-state index contributed by atoms with van der Waals surface area (Å²) >= 11 is 1.74. The standard InChI is InChI=1S/C12H16N4OS/c1-9-7-11(16-13)15-12(14-9)8-17-5-4-10-3-2-6-18-10/h2-3,6-7H,4-5,8,13H2,1H3,(H,14,15,16). The quantitative estimate of drug-likeness (QED) is 0.473. The van der Waals surface area contributed by atoms with Crippen LogP contribution in [0.25, 0.3) is 0 Å². The first-order valence-electron chi connectivity index (χ1n) is 5.69. The summed E-state index contributed by atoms with van der Waals surface area (Å²) in [6.07, 6.45) is 0.922. The molecule has 0 aromatic carbocycles. The number of hydrogen-bond acceptors (Lipinski definition) is 6. The van der Waals surface area contributed by atoms with E-state index in [9.17, 15) is 0 Å². The van der Waals surface area contributed by atoms with Crippen molar-refractivity contribution in [2.45, 2.75) is 20.0 Å².